The number of rotatable bonds is 4. The van der Waals surface area contributed by atoms with Crippen LogP contribution in [0.4, 0.5) is 5.69 Å². The van der Waals surface area contributed by atoms with E-state index in [1.165, 1.54) is 4.90 Å². The van der Waals surface area contributed by atoms with Crippen molar-refractivity contribution in [1.29, 1.82) is 0 Å². The summed E-state index contributed by atoms with van der Waals surface area (Å²) < 4.78 is 0. The SMILES string of the molecule is O=C(N[C@@H]1C(=O)N(c2ccccc2)C[C@H]1C(=O)O)c1ccc2ccccc2c1. The molecule has 0 aliphatic carbocycles. The third-order valence-corrected chi connectivity index (χ3v) is 5.00. The minimum absolute atomic E-state index is 0.0147. The van der Waals surface area contributed by atoms with Crippen molar-refractivity contribution in [3.8, 4) is 0 Å². The van der Waals surface area contributed by atoms with E-state index in [0.717, 1.165) is 10.8 Å². The molecule has 3 aromatic rings. The second-order valence-electron chi connectivity index (χ2n) is 6.74. The van der Waals surface area contributed by atoms with Gasteiger partial charge in [0.15, 0.2) is 0 Å². The van der Waals surface area contributed by atoms with Gasteiger partial charge in [-0.1, -0.05) is 48.5 Å². The van der Waals surface area contributed by atoms with Crippen LogP contribution in [0.15, 0.2) is 72.8 Å². The molecule has 3 aromatic carbocycles. The molecule has 28 heavy (non-hydrogen) atoms. The molecule has 6 nitrogen and oxygen atoms in total. The van der Waals surface area contributed by atoms with Gasteiger partial charge in [-0.3, -0.25) is 14.4 Å². The monoisotopic (exact) mass is 374 g/mol. The van der Waals surface area contributed by atoms with Crippen LogP contribution in [-0.4, -0.2) is 35.5 Å². The third kappa shape index (κ3) is 3.20. The molecule has 1 fully saturated rings. The van der Waals surface area contributed by atoms with E-state index >= 15 is 0 Å². The first-order valence-electron chi connectivity index (χ1n) is 8.93. The maximum Gasteiger partial charge on any atom is 0.310 e. The highest BCUT2D eigenvalue weighted by Crippen LogP contribution is 2.26. The number of hydrogen-bond acceptors (Lipinski definition) is 3. The number of anilines is 1. The summed E-state index contributed by atoms with van der Waals surface area (Å²) in [5, 5.41) is 14.1. The lowest BCUT2D eigenvalue weighted by atomic mass is 10.0. The number of para-hydroxylation sites is 1. The molecule has 4 rings (SSSR count). The number of fused-ring (bicyclic) bond motifs is 1. The summed E-state index contributed by atoms with van der Waals surface area (Å²) >= 11 is 0. The molecule has 140 valence electrons. The Morgan fingerprint density at radius 2 is 1.61 bits per heavy atom. The van der Waals surface area contributed by atoms with E-state index < -0.39 is 29.7 Å². The van der Waals surface area contributed by atoms with Crippen LogP contribution in [0, 0.1) is 5.92 Å². The van der Waals surface area contributed by atoms with E-state index in [1.807, 2.05) is 36.4 Å². The van der Waals surface area contributed by atoms with Gasteiger partial charge in [-0.25, -0.2) is 0 Å². The average molecular weight is 374 g/mol. The quantitative estimate of drug-likeness (QED) is 0.735. The number of benzene rings is 3. The maximum atomic E-state index is 12.8. The van der Waals surface area contributed by atoms with E-state index in [1.54, 1.807) is 36.4 Å². The van der Waals surface area contributed by atoms with Crippen molar-refractivity contribution in [2.45, 2.75) is 6.04 Å². The number of carboxylic acids is 1. The Hall–Kier alpha value is -3.67. The molecular formula is C22H18N2O4. The lowest BCUT2D eigenvalue weighted by Gasteiger charge is -2.17. The van der Waals surface area contributed by atoms with Crippen LogP contribution < -0.4 is 10.2 Å². The molecule has 2 atom stereocenters. The molecule has 1 saturated heterocycles. The summed E-state index contributed by atoms with van der Waals surface area (Å²) in [6.45, 7) is 0.0147. The first kappa shape index (κ1) is 17.7. The van der Waals surface area contributed by atoms with Crippen molar-refractivity contribution in [1.82, 2.24) is 5.32 Å². The fourth-order valence-electron chi connectivity index (χ4n) is 3.51. The minimum Gasteiger partial charge on any atom is -0.481 e. The van der Waals surface area contributed by atoms with Gasteiger partial charge in [-0.05, 0) is 35.0 Å². The number of nitrogens with one attached hydrogen (secondary N) is 1. The van der Waals surface area contributed by atoms with Crippen molar-refractivity contribution >= 4 is 34.2 Å². The first-order chi connectivity index (χ1) is 13.5. The van der Waals surface area contributed by atoms with Crippen LogP contribution in [-0.2, 0) is 9.59 Å². The molecule has 1 heterocycles. The van der Waals surface area contributed by atoms with Gasteiger partial charge in [0.1, 0.15) is 12.0 Å². The number of carboxylic acid groups (broad SMARTS) is 1. The van der Waals surface area contributed by atoms with Gasteiger partial charge in [0.25, 0.3) is 11.8 Å². The van der Waals surface area contributed by atoms with Crippen LogP contribution in [0.3, 0.4) is 0 Å². The van der Waals surface area contributed by atoms with Gasteiger partial charge in [-0.2, -0.15) is 0 Å². The molecule has 1 aliphatic rings. The van der Waals surface area contributed by atoms with Gasteiger partial charge in [0.05, 0.1) is 0 Å². The van der Waals surface area contributed by atoms with Crippen LogP contribution in [0.2, 0.25) is 0 Å². The molecule has 0 bridgehead atoms. The van der Waals surface area contributed by atoms with Gasteiger partial charge in [0, 0.05) is 17.8 Å². The molecule has 2 N–H and O–H groups in total. The van der Waals surface area contributed by atoms with Crippen molar-refractivity contribution in [3.63, 3.8) is 0 Å². The number of carbonyl (C=O) groups is 3. The zero-order chi connectivity index (χ0) is 19.7. The van der Waals surface area contributed by atoms with Crippen molar-refractivity contribution in [2.24, 2.45) is 5.92 Å². The average Bonchev–Trinajstić information content (AvgIpc) is 3.05. The van der Waals surface area contributed by atoms with Gasteiger partial charge in [0.2, 0.25) is 0 Å². The molecule has 0 spiro atoms. The zero-order valence-electron chi connectivity index (χ0n) is 14.9. The summed E-state index contributed by atoms with van der Waals surface area (Å²) in [4.78, 5) is 38.7. The largest absolute Gasteiger partial charge is 0.481 e. The normalized spacial score (nSPS) is 19.0. The van der Waals surface area contributed by atoms with Crippen LogP contribution in [0.5, 0.6) is 0 Å². The summed E-state index contributed by atoms with van der Waals surface area (Å²) in [5.41, 5.74) is 0.995. The van der Waals surface area contributed by atoms with Crippen molar-refractivity contribution < 1.29 is 19.5 Å². The molecule has 0 saturated carbocycles. The van der Waals surface area contributed by atoms with Gasteiger partial charge in [-0.15, -0.1) is 0 Å². The Morgan fingerprint density at radius 3 is 2.32 bits per heavy atom. The predicted octanol–water partition coefficient (Wildman–Crippen LogP) is 2.69. The summed E-state index contributed by atoms with van der Waals surface area (Å²) in [5.74, 6) is -3.02. The number of amides is 2. The molecule has 6 heteroatoms. The molecular weight excluding hydrogens is 356 g/mol. The highest BCUT2D eigenvalue weighted by Gasteiger charge is 2.45. The summed E-state index contributed by atoms with van der Waals surface area (Å²) in [7, 11) is 0. The van der Waals surface area contributed by atoms with Gasteiger partial charge < -0.3 is 15.3 Å². The predicted molar refractivity (Wildman–Crippen MR) is 105 cm³/mol. The van der Waals surface area contributed by atoms with Gasteiger partial charge >= 0.3 is 5.97 Å². The second kappa shape index (κ2) is 7.15. The first-order valence-corrected chi connectivity index (χ1v) is 8.93. The molecule has 2 amide bonds. The third-order valence-electron chi connectivity index (χ3n) is 5.00. The molecule has 0 radical (unpaired) electrons. The standard InChI is InChI=1S/C22H18N2O4/c25-20(16-11-10-14-6-4-5-7-15(14)12-16)23-19-18(22(27)28)13-24(21(19)26)17-8-2-1-3-9-17/h1-12,18-19H,13H2,(H,23,25)(H,27,28)/t18-,19+/m1/s1. The smallest absolute Gasteiger partial charge is 0.310 e. The van der Waals surface area contributed by atoms with Crippen LogP contribution >= 0.6 is 0 Å². The van der Waals surface area contributed by atoms with E-state index in [0.29, 0.717) is 11.3 Å². The lowest BCUT2D eigenvalue weighted by molar-refractivity contribution is -0.142. The van der Waals surface area contributed by atoms with E-state index in [2.05, 4.69) is 5.32 Å². The van der Waals surface area contributed by atoms with Crippen LogP contribution in [0.1, 0.15) is 10.4 Å². The lowest BCUT2D eigenvalue weighted by Crippen LogP contribution is -2.46. The highest BCUT2D eigenvalue weighted by atomic mass is 16.4. The highest BCUT2D eigenvalue weighted by molar-refractivity contribution is 6.07. The zero-order valence-corrected chi connectivity index (χ0v) is 14.9. The summed E-state index contributed by atoms with van der Waals surface area (Å²) in [6, 6.07) is 20.6. The number of nitrogens with zero attached hydrogens (tertiary/aromatic N) is 1. The number of aliphatic carboxylic acids is 1. The maximum absolute atomic E-state index is 12.8. The van der Waals surface area contributed by atoms with E-state index in [4.69, 9.17) is 0 Å². The molecule has 0 aromatic heterocycles. The Balaban J connectivity index is 1.59. The Bertz CT molecular complexity index is 1060. The summed E-state index contributed by atoms with van der Waals surface area (Å²) in [6.07, 6.45) is 0. The topological polar surface area (TPSA) is 86.7 Å². The minimum atomic E-state index is -1.12. The Kier molecular flexibility index (Phi) is 4.53. The van der Waals surface area contributed by atoms with E-state index in [9.17, 15) is 19.5 Å². The van der Waals surface area contributed by atoms with Crippen molar-refractivity contribution in [3.05, 3.63) is 78.4 Å². The Morgan fingerprint density at radius 1 is 0.929 bits per heavy atom. The Labute approximate surface area is 161 Å². The fourth-order valence-corrected chi connectivity index (χ4v) is 3.51. The van der Waals surface area contributed by atoms with Crippen LogP contribution in [0.25, 0.3) is 10.8 Å². The fraction of sp³-hybridized carbons (Fsp3) is 0.136. The number of hydrogen-bond donors (Lipinski definition) is 2. The van der Waals surface area contributed by atoms with E-state index in [-0.39, 0.29) is 6.54 Å². The number of carbonyl (C=O) groups excluding carboxylic acids is 2. The second-order valence-corrected chi connectivity index (χ2v) is 6.74. The molecule has 1 aliphatic heterocycles. The molecule has 0 unspecified atom stereocenters. The van der Waals surface area contributed by atoms with Crippen molar-refractivity contribution in [2.75, 3.05) is 11.4 Å².